The van der Waals surface area contributed by atoms with Crippen LogP contribution in [0.25, 0.3) is 0 Å². The van der Waals surface area contributed by atoms with Gasteiger partial charge in [-0.3, -0.25) is 0 Å². The highest BCUT2D eigenvalue weighted by molar-refractivity contribution is 7.98. The van der Waals surface area contributed by atoms with E-state index in [0.717, 1.165) is 6.54 Å². The molecule has 0 aromatic rings. The predicted molar refractivity (Wildman–Crippen MR) is 68.2 cm³/mol. The van der Waals surface area contributed by atoms with Gasteiger partial charge in [-0.05, 0) is 59.3 Å². The third kappa shape index (κ3) is 5.89. The lowest BCUT2D eigenvalue weighted by Gasteiger charge is -2.30. The summed E-state index contributed by atoms with van der Waals surface area (Å²) in [6, 6.07) is 1.38. The van der Waals surface area contributed by atoms with Crippen molar-refractivity contribution in [2.24, 2.45) is 0 Å². The lowest BCUT2D eigenvalue weighted by molar-refractivity contribution is 0.184. The van der Waals surface area contributed by atoms with Gasteiger partial charge in [0.15, 0.2) is 0 Å². The molecule has 0 amide bonds. The number of hydrogen-bond acceptors (Lipinski definition) is 3. The van der Waals surface area contributed by atoms with Gasteiger partial charge in [0.25, 0.3) is 0 Å². The summed E-state index contributed by atoms with van der Waals surface area (Å²) >= 11 is 1.94. The van der Waals surface area contributed by atoms with Crippen LogP contribution in [0, 0.1) is 0 Å². The van der Waals surface area contributed by atoms with Crippen LogP contribution in [-0.2, 0) is 0 Å². The lowest BCUT2D eigenvalue weighted by Crippen LogP contribution is -2.38. The zero-order chi connectivity index (χ0) is 11.0. The third-order valence-corrected chi connectivity index (χ3v) is 3.59. The van der Waals surface area contributed by atoms with Crippen molar-refractivity contribution in [2.75, 3.05) is 32.6 Å². The summed E-state index contributed by atoms with van der Waals surface area (Å²) in [4.78, 5) is 2.49. The predicted octanol–water partition coefficient (Wildman–Crippen LogP) is 2.06. The van der Waals surface area contributed by atoms with E-state index in [0.29, 0.717) is 12.1 Å². The summed E-state index contributed by atoms with van der Waals surface area (Å²) in [7, 11) is 4.26. The average Bonchev–Trinajstić information content (AvgIpc) is 2.21. The van der Waals surface area contributed by atoms with Gasteiger partial charge in [-0.15, -0.1) is 0 Å². The highest BCUT2D eigenvalue weighted by Crippen LogP contribution is 2.10. The molecule has 0 aromatic carbocycles. The van der Waals surface area contributed by atoms with Crippen LogP contribution in [0.15, 0.2) is 0 Å². The summed E-state index contributed by atoms with van der Waals surface area (Å²) in [6.45, 7) is 5.75. The monoisotopic (exact) mass is 218 g/mol. The summed E-state index contributed by atoms with van der Waals surface area (Å²) in [6.07, 6.45) is 4.70. The van der Waals surface area contributed by atoms with E-state index in [4.69, 9.17) is 0 Å². The second-order valence-corrected chi connectivity index (χ2v) is 5.02. The Morgan fingerprint density at radius 1 is 1.21 bits per heavy atom. The molecule has 0 fully saturated rings. The minimum absolute atomic E-state index is 0.680. The zero-order valence-electron chi connectivity index (χ0n) is 10.3. The van der Waals surface area contributed by atoms with Crippen molar-refractivity contribution in [3.05, 3.63) is 0 Å². The Morgan fingerprint density at radius 2 is 1.79 bits per heavy atom. The Hall–Kier alpha value is 0.270. The molecule has 0 saturated heterocycles. The normalized spacial score (nSPS) is 15.9. The van der Waals surface area contributed by atoms with Crippen LogP contribution in [0.2, 0.25) is 0 Å². The molecule has 0 radical (unpaired) electrons. The minimum atomic E-state index is 0.680. The highest BCUT2D eigenvalue weighted by atomic mass is 32.2. The van der Waals surface area contributed by atoms with E-state index in [9.17, 15) is 0 Å². The third-order valence-electron chi connectivity index (χ3n) is 2.94. The minimum Gasteiger partial charge on any atom is -0.320 e. The van der Waals surface area contributed by atoms with Gasteiger partial charge in [0.1, 0.15) is 0 Å². The number of nitrogens with zero attached hydrogens (tertiary/aromatic N) is 1. The average molecular weight is 218 g/mol. The fourth-order valence-corrected chi connectivity index (χ4v) is 2.06. The van der Waals surface area contributed by atoms with Crippen molar-refractivity contribution in [3.8, 4) is 0 Å². The van der Waals surface area contributed by atoms with Gasteiger partial charge in [0.2, 0.25) is 0 Å². The van der Waals surface area contributed by atoms with E-state index < -0.39 is 0 Å². The molecule has 0 aliphatic rings. The van der Waals surface area contributed by atoms with E-state index in [2.05, 4.69) is 37.4 Å². The van der Waals surface area contributed by atoms with Gasteiger partial charge in [-0.1, -0.05) is 0 Å². The molecule has 0 aliphatic heterocycles. The Kier molecular flexibility index (Phi) is 8.73. The maximum atomic E-state index is 3.20. The van der Waals surface area contributed by atoms with E-state index >= 15 is 0 Å². The van der Waals surface area contributed by atoms with Crippen molar-refractivity contribution in [2.45, 2.75) is 38.8 Å². The smallest absolute Gasteiger partial charge is 0.00787 e. The molecule has 14 heavy (non-hydrogen) atoms. The molecule has 0 bridgehead atoms. The molecule has 0 rings (SSSR count). The Balaban J connectivity index is 3.72. The molecule has 0 spiro atoms. The SMILES string of the molecule is CNCCC(C)N(C)C(C)CCSC. The Morgan fingerprint density at radius 3 is 2.29 bits per heavy atom. The quantitative estimate of drug-likeness (QED) is 0.671. The number of hydrogen-bond donors (Lipinski definition) is 1. The first-order chi connectivity index (χ1) is 6.63. The molecule has 2 atom stereocenters. The summed E-state index contributed by atoms with van der Waals surface area (Å²) in [5.74, 6) is 1.27. The molecule has 3 heteroatoms. The second kappa shape index (κ2) is 8.57. The standard InChI is InChI=1S/C11H26N2S/c1-10(6-8-12-3)13(4)11(2)7-9-14-5/h10-12H,6-9H2,1-5H3. The van der Waals surface area contributed by atoms with E-state index in [1.54, 1.807) is 0 Å². The highest BCUT2D eigenvalue weighted by Gasteiger charge is 2.14. The first-order valence-electron chi connectivity index (χ1n) is 5.49. The molecule has 0 aliphatic carbocycles. The topological polar surface area (TPSA) is 15.3 Å². The van der Waals surface area contributed by atoms with Gasteiger partial charge in [-0.2, -0.15) is 11.8 Å². The number of thioether (sulfide) groups is 1. The van der Waals surface area contributed by atoms with Crippen molar-refractivity contribution < 1.29 is 0 Å². The Labute approximate surface area is 93.8 Å². The number of nitrogens with one attached hydrogen (secondary N) is 1. The van der Waals surface area contributed by atoms with Crippen LogP contribution in [0.1, 0.15) is 26.7 Å². The molecule has 0 aromatic heterocycles. The van der Waals surface area contributed by atoms with Crippen LogP contribution in [-0.4, -0.2) is 49.6 Å². The summed E-state index contributed by atoms with van der Waals surface area (Å²) in [5, 5.41) is 3.20. The van der Waals surface area contributed by atoms with E-state index in [1.807, 2.05) is 18.8 Å². The van der Waals surface area contributed by atoms with Crippen LogP contribution >= 0.6 is 11.8 Å². The molecular weight excluding hydrogens is 192 g/mol. The molecule has 2 nitrogen and oxygen atoms in total. The molecule has 0 heterocycles. The van der Waals surface area contributed by atoms with Crippen molar-refractivity contribution in [1.29, 1.82) is 0 Å². The molecule has 1 N–H and O–H groups in total. The van der Waals surface area contributed by atoms with Crippen molar-refractivity contribution in [1.82, 2.24) is 10.2 Å². The van der Waals surface area contributed by atoms with Gasteiger partial charge < -0.3 is 10.2 Å². The largest absolute Gasteiger partial charge is 0.320 e. The van der Waals surface area contributed by atoms with Gasteiger partial charge >= 0.3 is 0 Å². The summed E-state index contributed by atoms with van der Waals surface area (Å²) < 4.78 is 0. The van der Waals surface area contributed by atoms with Crippen LogP contribution in [0.3, 0.4) is 0 Å². The fourth-order valence-electron chi connectivity index (χ4n) is 1.48. The Bertz CT molecular complexity index is 116. The fraction of sp³-hybridized carbons (Fsp3) is 1.00. The molecule has 2 unspecified atom stereocenters. The molecule has 86 valence electrons. The number of rotatable bonds is 8. The van der Waals surface area contributed by atoms with Gasteiger partial charge in [0, 0.05) is 12.1 Å². The first kappa shape index (κ1) is 14.3. The van der Waals surface area contributed by atoms with Crippen molar-refractivity contribution in [3.63, 3.8) is 0 Å². The zero-order valence-corrected chi connectivity index (χ0v) is 11.2. The van der Waals surface area contributed by atoms with Gasteiger partial charge in [-0.25, -0.2) is 0 Å². The van der Waals surface area contributed by atoms with Crippen LogP contribution in [0.4, 0.5) is 0 Å². The second-order valence-electron chi connectivity index (χ2n) is 4.04. The first-order valence-corrected chi connectivity index (χ1v) is 6.88. The maximum Gasteiger partial charge on any atom is 0.00787 e. The van der Waals surface area contributed by atoms with Crippen LogP contribution in [0.5, 0.6) is 0 Å². The lowest BCUT2D eigenvalue weighted by atomic mass is 10.1. The maximum absolute atomic E-state index is 3.20. The van der Waals surface area contributed by atoms with E-state index in [1.165, 1.54) is 18.6 Å². The summed E-state index contributed by atoms with van der Waals surface area (Å²) in [5.41, 5.74) is 0. The van der Waals surface area contributed by atoms with E-state index in [-0.39, 0.29) is 0 Å². The van der Waals surface area contributed by atoms with Crippen molar-refractivity contribution >= 4 is 11.8 Å². The molecule has 0 saturated carbocycles. The van der Waals surface area contributed by atoms with Crippen LogP contribution < -0.4 is 5.32 Å². The van der Waals surface area contributed by atoms with Gasteiger partial charge in [0.05, 0.1) is 0 Å². The molecular formula is C11H26N2S.